The fraction of sp³-hybridized carbons (Fsp3) is 0.100. The largest absolute Gasteiger partial charge is 0.363 e. The van der Waals surface area contributed by atoms with Crippen LogP contribution in [0.3, 0.4) is 0 Å². The van der Waals surface area contributed by atoms with Gasteiger partial charge in [0.25, 0.3) is 0 Å². The van der Waals surface area contributed by atoms with Crippen LogP contribution >= 0.6 is 11.8 Å². The summed E-state index contributed by atoms with van der Waals surface area (Å²) in [7, 11) is 0. The van der Waals surface area contributed by atoms with Gasteiger partial charge in [-0.15, -0.1) is 0 Å². The molecule has 2 heterocycles. The number of H-pyrrole nitrogens is 1. The number of aromatic nitrogens is 3. The van der Waals surface area contributed by atoms with Crippen LogP contribution in [0.1, 0.15) is 0 Å². The molecule has 4 aromatic rings. The van der Waals surface area contributed by atoms with Crippen LogP contribution in [0.5, 0.6) is 0 Å². The Morgan fingerprint density at radius 3 is 2.59 bits per heavy atom. The lowest BCUT2D eigenvalue weighted by Crippen LogP contribution is -2.09. The minimum Gasteiger partial charge on any atom is -0.363 e. The molecule has 9 heteroatoms. The number of hydrogen-bond acceptors (Lipinski definition) is 7. The lowest BCUT2D eigenvalue weighted by atomic mass is 10.3. The predicted molar refractivity (Wildman–Crippen MR) is 116 cm³/mol. The molecular formula is C20H18N6O2S. The summed E-state index contributed by atoms with van der Waals surface area (Å²) >= 11 is 1.54. The Hall–Kier alpha value is -3.59. The second-order valence-electron chi connectivity index (χ2n) is 6.15. The molecule has 0 spiro atoms. The van der Waals surface area contributed by atoms with Crippen molar-refractivity contribution in [3.05, 3.63) is 76.8 Å². The first-order chi connectivity index (χ1) is 14.2. The second-order valence-corrected chi connectivity index (χ2v) is 7.23. The molecule has 2 aromatic heterocycles. The normalized spacial score (nSPS) is 10.8. The molecule has 0 aliphatic rings. The summed E-state index contributed by atoms with van der Waals surface area (Å²) in [6, 6.07) is 20.4. The average Bonchev–Trinajstić information content (AvgIpc) is 3.15. The Bertz CT molecular complexity index is 1100. The van der Waals surface area contributed by atoms with Crippen LogP contribution < -0.4 is 10.6 Å². The van der Waals surface area contributed by atoms with E-state index in [1.54, 1.807) is 17.8 Å². The van der Waals surface area contributed by atoms with Gasteiger partial charge >= 0.3 is 5.69 Å². The lowest BCUT2D eigenvalue weighted by Gasteiger charge is -2.09. The number of rotatable bonds is 8. The number of thioether (sulfide) groups is 1. The quantitative estimate of drug-likeness (QED) is 0.167. The highest BCUT2D eigenvalue weighted by Crippen LogP contribution is 2.26. The van der Waals surface area contributed by atoms with Crippen LogP contribution in [0.15, 0.2) is 71.9 Å². The number of pyridine rings is 1. The second kappa shape index (κ2) is 8.61. The Kier molecular flexibility index (Phi) is 5.57. The zero-order chi connectivity index (χ0) is 20.1. The molecule has 0 aliphatic carbocycles. The van der Waals surface area contributed by atoms with E-state index in [0.717, 1.165) is 21.9 Å². The van der Waals surface area contributed by atoms with Gasteiger partial charge in [-0.25, -0.2) is 9.97 Å². The molecule has 8 nitrogen and oxygen atoms in total. The summed E-state index contributed by atoms with van der Waals surface area (Å²) in [5.74, 6) is 1.45. The maximum absolute atomic E-state index is 11.3. The number of fused-ring (bicyclic) bond motifs is 1. The third kappa shape index (κ3) is 4.64. The van der Waals surface area contributed by atoms with Crippen LogP contribution in [0, 0.1) is 10.1 Å². The fourth-order valence-electron chi connectivity index (χ4n) is 2.78. The van der Waals surface area contributed by atoms with Gasteiger partial charge in [0.1, 0.15) is 5.82 Å². The number of para-hydroxylation sites is 3. The molecule has 0 aliphatic heterocycles. The number of anilines is 3. The molecular weight excluding hydrogens is 388 g/mol. The molecule has 0 bridgehead atoms. The first kappa shape index (κ1) is 18.8. The van der Waals surface area contributed by atoms with Gasteiger partial charge in [0.05, 0.1) is 16.0 Å². The molecule has 0 fully saturated rings. The van der Waals surface area contributed by atoms with Gasteiger partial charge in [0, 0.05) is 24.1 Å². The Morgan fingerprint density at radius 2 is 1.79 bits per heavy atom. The zero-order valence-corrected chi connectivity index (χ0v) is 16.1. The molecule has 29 heavy (non-hydrogen) atoms. The molecule has 0 saturated heterocycles. The van der Waals surface area contributed by atoms with E-state index >= 15 is 0 Å². The monoisotopic (exact) mass is 406 g/mol. The van der Waals surface area contributed by atoms with E-state index in [9.17, 15) is 10.1 Å². The summed E-state index contributed by atoms with van der Waals surface area (Å²) < 4.78 is 0. The Labute approximate surface area is 170 Å². The summed E-state index contributed by atoms with van der Waals surface area (Å²) in [4.78, 5) is 23.0. The lowest BCUT2D eigenvalue weighted by molar-refractivity contribution is -0.384. The van der Waals surface area contributed by atoms with Crippen LogP contribution in [0.4, 0.5) is 23.0 Å². The van der Waals surface area contributed by atoms with Crippen LogP contribution in [-0.2, 0) is 0 Å². The average molecular weight is 406 g/mol. The van der Waals surface area contributed by atoms with Gasteiger partial charge in [-0.2, -0.15) is 0 Å². The van der Waals surface area contributed by atoms with E-state index in [0.29, 0.717) is 18.1 Å². The van der Waals surface area contributed by atoms with Gasteiger partial charge in [-0.05, 0) is 30.3 Å². The summed E-state index contributed by atoms with van der Waals surface area (Å²) in [6.45, 7) is 0.504. The topological polar surface area (TPSA) is 109 Å². The maximum atomic E-state index is 11.3. The highest BCUT2D eigenvalue weighted by atomic mass is 32.2. The molecule has 0 atom stereocenters. The van der Waals surface area contributed by atoms with Crippen molar-refractivity contribution in [3.8, 4) is 0 Å². The zero-order valence-electron chi connectivity index (χ0n) is 15.3. The number of hydrogen-bond donors (Lipinski definition) is 3. The van der Waals surface area contributed by atoms with Gasteiger partial charge in [-0.3, -0.25) is 10.1 Å². The van der Waals surface area contributed by atoms with Crippen molar-refractivity contribution < 1.29 is 4.92 Å². The van der Waals surface area contributed by atoms with Gasteiger partial charge < -0.3 is 15.6 Å². The van der Waals surface area contributed by atoms with Gasteiger partial charge in [0.15, 0.2) is 5.16 Å². The van der Waals surface area contributed by atoms with Crippen molar-refractivity contribution in [1.82, 2.24) is 15.0 Å². The van der Waals surface area contributed by atoms with Crippen molar-refractivity contribution in [2.45, 2.75) is 5.16 Å². The third-order valence-electron chi connectivity index (χ3n) is 4.12. The standard InChI is InChI=1S/C20H18N6O2S/c27-26(28)17-10-11-18(22-14-6-2-1-3-7-14)25-19(17)21-12-13-29-20-23-15-8-4-5-9-16(15)24-20/h1-11H,12-13H2,(H,23,24)(H2,21,22,25). The fourth-order valence-corrected chi connectivity index (χ4v) is 3.53. The first-order valence-corrected chi connectivity index (χ1v) is 9.96. The highest BCUT2D eigenvalue weighted by Gasteiger charge is 2.16. The molecule has 0 unspecified atom stereocenters. The summed E-state index contributed by atoms with van der Waals surface area (Å²) in [5.41, 5.74) is 2.71. The molecule has 146 valence electrons. The van der Waals surface area contributed by atoms with Crippen molar-refractivity contribution in [2.75, 3.05) is 22.9 Å². The highest BCUT2D eigenvalue weighted by molar-refractivity contribution is 7.99. The third-order valence-corrected chi connectivity index (χ3v) is 4.99. The Morgan fingerprint density at radius 1 is 1.00 bits per heavy atom. The minimum absolute atomic E-state index is 0.0580. The van der Waals surface area contributed by atoms with Crippen molar-refractivity contribution in [2.24, 2.45) is 0 Å². The van der Waals surface area contributed by atoms with E-state index in [1.165, 1.54) is 6.07 Å². The molecule has 0 saturated carbocycles. The van der Waals surface area contributed by atoms with Crippen LogP contribution in [0.2, 0.25) is 0 Å². The van der Waals surface area contributed by atoms with Crippen molar-refractivity contribution >= 4 is 45.8 Å². The number of benzene rings is 2. The minimum atomic E-state index is -0.436. The number of aromatic amines is 1. The van der Waals surface area contributed by atoms with Crippen LogP contribution in [0.25, 0.3) is 11.0 Å². The number of nitro groups is 1. The van der Waals surface area contributed by atoms with Gasteiger partial charge in [-0.1, -0.05) is 42.1 Å². The van der Waals surface area contributed by atoms with Crippen LogP contribution in [-0.4, -0.2) is 32.2 Å². The smallest absolute Gasteiger partial charge is 0.311 e. The number of nitrogens with one attached hydrogen (secondary N) is 3. The summed E-state index contributed by atoms with van der Waals surface area (Å²) in [6.07, 6.45) is 0. The Balaban J connectivity index is 1.40. The van der Waals surface area contributed by atoms with E-state index in [2.05, 4.69) is 25.6 Å². The number of nitrogens with zero attached hydrogens (tertiary/aromatic N) is 3. The van der Waals surface area contributed by atoms with E-state index in [-0.39, 0.29) is 11.5 Å². The molecule has 4 rings (SSSR count). The first-order valence-electron chi connectivity index (χ1n) is 8.98. The molecule has 3 N–H and O–H groups in total. The van der Waals surface area contributed by atoms with E-state index in [1.807, 2.05) is 54.6 Å². The predicted octanol–water partition coefficient (Wildman–Crippen LogP) is 4.81. The maximum Gasteiger partial charge on any atom is 0.311 e. The van der Waals surface area contributed by atoms with E-state index in [4.69, 9.17) is 0 Å². The van der Waals surface area contributed by atoms with Crippen molar-refractivity contribution in [1.29, 1.82) is 0 Å². The van der Waals surface area contributed by atoms with E-state index < -0.39 is 4.92 Å². The molecule has 0 amide bonds. The summed E-state index contributed by atoms with van der Waals surface area (Å²) in [5, 5.41) is 18.4. The van der Waals surface area contributed by atoms with Gasteiger partial charge in [0.2, 0.25) is 5.82 Å². The SMILES string of the molecule is O=[N+]([O-])c1ccc(Nc2ccccc2)nc1NCCSc1nc2ccccc2[nH]1. The molecule has 2 aromatic carbocycles. The van der Waals surface area contributed by atoms with Crippen molar-refractivity contribution in [3.63, 3.8) is 0 Å². The molecule has 0 radical (unpaired) electrons. The number of imidazole rings is 1.